The van der Waals surface area contributed by atoms with E-state index in [1.54, 1.807) is 11.3 Å². The maximum atomic E-state index is 11.3. The largest absolute Gasteiger partial charge is 0.346 e. The van der Waals surface area contributed by atoms with Crippen molar-refractivity contribution in [2.24, 2.45) is 0 Å². The van der Waals surface area contributed by atoms with E-state index < -0.39 is 10.8 Å². The second-order valence-corrected chi connectivity index (χ2v) is 7.63. The van der Waals surface area contributed by atoms with Gasteiger partial charge >= 0.3 is 0 Å². The Morgan fingerprint density at radius 1 is 1.44 bits per heavy atom. The van der Waals surface area contributed by atoms with Gasteiger partial charge in [0.2, 0.25) is 0 Å². The van der Waals surface area contributed by atoms with E-state index in [0.29, 0.717) is 6.04 Å². The average Bonchev–Trinajstić information content (AvgIpc) is 2.69. The molecule has 2 rings (SSSR count). The maximum Gasteiger partial charge on any atom is 0.185 e. The first kappa shape index (κ1) is 14.0. The molecule has 18 heavy (non-hydrogen) atoms. The Morgan fingerprint density at radius 3 is 2.72 bits per heavy atom. The molecule has 0 unspecified atom stereocenters. The highest BCUT2D eigenvalue weighted by atomic mass is 32.2. The fraction of sp³-hybridized carbons (Fsp3) is 0.750. The molecule has 1 saturated heterocycles. The van der Waals surface area contributed by atoms with Crippen LogP contribution in [-0.2, 0) is 17.3 Å². The lowest BCUT2D eigenvalue weighted by Gasteiger charge is -2.25. The van der Waals surface area contributed by atoms with Crippen molar-refractivity contribution in [3.8, 4) is 0 Å². The van der Waals surface area contributed by atoms with Crippen molar-refractivity contribution >= 4 is 27.3 Å². The number of nitrogens with zero attached hydrogens (tertiary/aromatic N) is 2. The number of hydrogen-bond donors (Lipinski definition) is 1. The normalized spacial score (nSPS) is 17.7. The smallest absolute Gasteiger partial charge is 0.185 e. The Hall–Kier alpha value is -0.460. The van der Waals surface area contributed by atoms with E-state index in [0.717, 1.165) is 42.0 Å². The molecule has 0 amide bonds. The molecule has 0 aromatic carbocycles. The summed E-state index contributed by atoms with van der Waals surface area (Å²) in [6, 6.07) is 0.493. The highest BCUT2D eigenvalue weighted by Gasteiger charge is 2.19. The summed E-state index contributed by atoms with van der Waals surface area (Å²) in [5.74, 6) is 1.55. The van der Waals surface area contributed by atoms with E-state index in [4.69, 9.17) is 0 Å². The molecule has 0 saturated carbocycles. The number of rotatable bonds is 4. The molecule has 2 heterocycles. The van der Waals surface area contributed by atoms with Crippen molar-refractivity contribution in [3.63, 3.8) is 0 Å². The SMILES string of the molecule is Cc1nc(N2CCS(=O)CC2)sc1CNC(C)C. The summed E-state index contributed by atoms with van der Waals surface area (Å²) in [4.78, 5) is 8.22. The van der Waals surface area contributed by atoms with Gasteiger partial charge < -0.3 is 10.2 Å². The third kappa shape index (κ3) is 3.52. The van der Waals surface area contributed by atoms with Crippen LogP contribution in [0.5, 0.6) is 0 Å². The Kier molecular flexibility index (Phi) is 4.75. The molecule has 0 radical (unpaired) electrons. The third-order valence-corrected chi connectivity index (χ3v) is 5.49. The van der Waals surface area contributed by atoms with Crippen LogP contribution in [0.1, 0.15) is 24.4 Å². The van der Waals surface area contributed by atoms with Gasteiger partial charge in [0.05, 0.1) is 5.69 Å². The van der Waals surface area contributed by atoms with E-state index >= 15 is 0 Å². The van der Waals surface area contributed by atoms with Crippen molar-refractivity contribution in [2.45, 2.75) is 33.4 Å². The van der Waals surface area contributed by atoms with Gasteiger partial charge in [0, 0.05) is 52.9 Å². The van der Waals surface area contributed by atoms with Crippen LogP contribution in [0.4, 0.5) is 5.13 Å². The number of nitrogens with one attached hydrogen (secondary N) is 1. The quantitative estimate of drug-likeness (QED) is 0.912. The van der Waals surface area contributed by atoms with Crippen LogP contribution in [0.15, 0.2) is 0 Å². The molecule has 1 N–H and O–H groups in total. The van der Waals surface area contributed by atoms with Crippen molar-refractivity contribution in [1.82, 2.24) is 10.3 Å². The summed E-state index contributed by atoms with van der Waals surface area (Å²) >= 11 is 1.76. The Bertz CT molecular complexity index is 421. The van der Waals surface area contributed by atoms with Crippen LogP contribution in [0.3, 0.4) is 0 Å². The van der Waals surface area contributed by atoms with Crippen LogP contribution in [0.2, 0.25) is 0 Å². The van der Waals surface area contributed by atoms with Crippen molar-refractivity contribution in [3.05, 3.63) is 10.6 Å². The van der Waals surface area contributed by atoms with Gasteiger partial charge in [0.1, 0.15) is 0 Å². The first-order chi connectivity index (χ1) is 8.56. The Labute approximate surface area is 115 Å². The molecule has 0 atom stereocenters. The van der Waals surface area contributed by atoms with Gasteiger partial charge in [-0.3, -0.25) is 4.21 Å². The molecule has 0 spiro atoms. The van der Waals surface area contributed by atoms with Crippen LogP contribution in [0, 0.1) is 6.92 Å². The summed E-state index contributed by atoms with van der Waals surface area (Å²) in [6.45, 7) is 9.00. The molecule has 102 valence electrons. The fourth-order valence-electron chi connectivity index (χ4n) is 1.84. The van der Waals surface area contributed by atoms with Crippen LogP contribution in [-0.4, -0.2) is 39.8 Å². The topological polar surface area (TPSA) is 45.2 Å². The summed E-state index contributed by atoms with van der Waals surface area (Å²) in [6.07, 6.45) is 0. The fourth-order valence-corrected chi connectivity index (χ4v) is 3.95. The molecule has 6 heteroatoms. The van der Waals surface area contributed by atoms with Crippen LogP contribution >= 0.6 is 11.3 Å². The zero-order valence-corrected chi connectivity index (χ0v) is 12.9. The third-order valence-electron chi connectivity index (χ3n) is 3.00. The van der Waals surface area contributed by atoms with Crippen LogP contribution in [0.25, 0.3) is 0 Å². The Morgan fingerprint density at radius 2 is 2.11 bits per heavy atom. The Balaban J connectivity index is 2.01. The van der Waals surface area contributed by atoms with Crippen molar-refractivity contribution in [1.29, 1.82) is 0 Å². The minimum atomic E-state index is -0.620. The van der Waals surface area contributed by atoms with E-state index in [1.807, 2.05) is 0 Å². The van der Waals surface area contributed by atoms with E-state index in [2.05, 4.69) is 36.0 Å². The predicted molar refractivity (Wildman–Crippen MR) is 78.9 cm³/mol. The number of hydrogen-bond acceptors (Lipinski definition) is 5. The minimum Gasteiger partial charge on any atom is -0.346 e. The lowest BCUT2D eigenvalue weighted by Crippen LogP contribution is -2.37. The molecule has 0 bridgehead atoms. The molecule has 1 fully saturated rings. The summed E-state index contributed by atoms with van der Waals surface area (Å²) in [5, 5.41) is 4.52. The molecular weight excluding hydrogens is 266 g/mol. The molecule has 4 nitrogen and oxygen atoms in total. The van der Waals surface area contributed by atoms with Crippen molar-refractivity contribution < 1.29 is 4.21 Å². The van der Waals surface area contributed by atoms with Gasteiger partial charge in [-0.25, -0.2) is 4.98 Å². The highest BCUT2D eigenvalue weighted by molar-refractivity contribution is 7.85. The van der Waals surface area contributed by atoms with Gasteiger partial charge in [0.25, 0.3) is 0 Å². The van der Waals surface area contributed by atoms with Gasteiger partial charge in [-0.15, -0.1) is 11.3 Å². The lowest BCUT2D eigenvalue weighted by molar-refractivity contribution is 0.591. The molecule has 1 aliphatic heterocycles. The summed E-state index contributed by atoms with van der Waals surface area (Å²) in [7, 11) is -0.620. The van der Waals surface area contributed by atoms with Gasteiger partial charge in [0.15, 0.2) is 5.13 Å². The van der Waals surface area contributed by atoms with E-state index in [9.17, 15) is 4.21 Å². The molecule has 1 aromatic rings. The average molecular weight is 287 g/mol. The maximum absolute atomic E-state index is 11.3. The minimum absolute atomic E-state index is 0.493. The van der Waals surface area contributed by atoms with Crippen LogP contribution < -0.4 is 10.2 Å². The molecular formula is C12H21N3OS2. The standard InChI is InChI=1S/C12H21N3OS2/c1-9(2)13-8-11-10(3)14-12(17-11)15-4-6-18(16)7-5-15/h9,13H,4-8H2,1-3H3. The predicted octanol–water partition coefficient (Wildman–Crippen LogP) is 1.52. The van der Waals surface area contributed by atoms with Crippen molar-refractivity contribution in [2.75, 3.05) is 29.5 Å². The van der Waals surface area contributed by atoms with Gasteiger partial charge in [-0.05, 0) is 6.92 Å². The second kappa shape index (κ2) is 6.12. The first-order valence-corrected chi connectivity index (χ1v) is 8.66. The van der Waals surface area contributed by atoms with Gasteiger partial charge in [-0.1, -0.05) is 13.8 Å². The lowest BCUT2D eigenvalue weighted by atomic mass is 10.3. The van der Waals surface area contributed by atoms with E-state index in [1.165, 1.54) is 4.88 Å². The zero-order chi connectivity index (χ0) is 13.1. The second-order valence-electron chi connectivity index (χ2n) is 4.88. The number of aromatic nitrogens is 1. The molecule has 1 aliphatic rings. The number of aryl methyl sites for hydroxylation is 1. The summed E-state index contributed by atoms with van der Waals surface area (Å²) < 4.78 is 11.3. The monoisotopic (exact) mass is 287 g/mol. The van der Waals surface area contributed by atoms with E-state index in [-0.39, 0.29) is 0 Å². The van der Waals surface area contributed by atoms with Gasteiger partial charge in [-0.2, -0.15) is 0 Å². The highest BCUT2D eigenvalue weighted by Crippen LogP contribution is 2.26. The molecule has 1 aromatic heterocycles. The molecule has 0 aliphatic carbocycles. The zero-order valence-electron chi connectivity index (χ0n) is 11.2. The number of anilines is 1. The summed E-state index contributed by atoms with van der Waals surface area (Å²) in [5.41, 5.74) is 1.12. The first-order valence-electron chi connectivity index (χ1n) is 6.36. The number of thiazole rings is 1.